The first kappa shape index (κ1) is 14.0. The minimum absolute atomic E-state index is 0.313. The second kappa shape index (κ2) is 6.62. The van der Waals surface area contributed by atoms with Crippen molar-refractivity contribution < 1.29 is 4.74 Å². The number of hydrogen-bond acceptors (Lipinski definition) is 3. The Labute approximate surface area is 104 Å². The van der Waals surface area contributed by atoms with Gasteiger partial charge < -0.3 is 15.8 Å². The van der Waals surface area contributed by atoms with Gasteiger partial charge in [0.1, 0.15) is 5.75 Å². The van der Waals surface area contributed by atoms with E-state index in [1.54, 1.807) is 7.11 Å². The number of ether oxygens (including phenoxy) is 1. The Balaban J connectivity index is 3.04. The Morgan fingerprint density at radius 2 is 1.94 bits per heavy atom. The maximum absolute atomic E-state index is 5.58. The molecule has 1 rings (SSSR count). The predicted octanol–water partition coefficient (Wildman–Crippen LogP) is 2.31. The third-order valence-electron chi connectivity index (χ3n) is 3.27. The Hall–Kier alpha value is -1.06. The van der Waals surface area contributed by atoms with Crippen molar-refractivity contribution >= 4 is 0 Å². The molecule has 0 heterocycles. The van der Waals surface area contributed by atoms with Crippen LogP contribution in [0.2, 0.25) is 0 Å². The third kappa shape index (κ3) is 3.45. The summed E-state index contributed by atoms with van der Waals surface area (Å²) in [4.78, 5) is 0. The average Bonchev–Trinajstić information content (AvgIpc) is 2.34. The Morgan fingerprint density at radius 3 is 2.47 bits per heavy atom. The summed E-state index contributed by atoms with van der Waals surface area (Å²) in [6.45, 7) is 4.97. The van der Waals surface area contributed by atoms with E-state index in [1.165, 1.54) is 16.7 Å². The zero-order valence-corrected chi connectivity index (χ0v) is 11.3. The van der Waals surface area contributed by atoms with Crippen molar-refractivity contribution in [2.24, 2.45) is 5.73 Å². The maximum Gasteiger partial charge on any atom is 0.123 e. The van der Waals surface area contributed by atoms with E-state index in [1.807, 2.05) is 7.05 Å². The van der Waals surface area contributed by atoms with E-state index in [9.17, 15) is 0 Å². The lowest BCUT2D eigenvalue weighted by molar-refractivity contribution is 0.397. The molecule has 0 saturated heterocycles. The Bertz CT molecular complexity index is 363. The summed E-state index contributed by atoms with van der Waals surface area (Å²) in [6.07, 6.45) is 2.05. The van der Waals surface area contributed by atoms with E-state index in [0.29, 0.717) is 6.04 Å². The van der Waals surface area contributed by atoms with Crippen LogP contribution in [0.3, 0.4) is 0 Å². The number of methoxy groups -OCH3 is 1. The van der Waals surface area contributed by atoms with Gasteiger partial charge in [-0.2, -0.15) is 0 Å². The molecule has 0 spiro atoms. The van der Waals surface area contributed by atoms with Crippen molar-refractivity contribution in [2.45, 2.75) is 32.7 Å². The molecule has 0 aliphatic rings. The molecule has 1 unspecified atom stereocenters. The highest BCUT2D eigenvalue weighted by Gasteiger charge is 2.15. The summed E-state index contributed by atoms with van der Waals surface area (Å²) in [5.41, 5.74) is 9.37. The van der Waals surface area contributed by atoms with Gasteiger partial charge in [0.2, 0.25) is 0 Å². The van der Waals surface area contributed by atoms with Gasteiger partial charge in [-0.15, -0.1) is 0 Å². The van der Waals surface area contributed by atoms with Gasteiger partial charge >= 0.3 is 0 Å². The standard InChI is InChI=1S/C14H24N2O/c1-10-8-12(13(16-3)6-5-7-15)14(17-4)9-11(10)2/h8-9,13,16H,5-7,15H2,1-4H3. The monoisotopic (exact) mass is 236 g/mol. The van der Waals surface area contributed by atoms with Crippen LogP contribution in [0.5, 0.6) is 5.75 Å². The van der Waals surface area contributed by atoms with Crippen LogP contribution in [0, 0.1) is 13.8 Å². The zero-order valence-electron chi connectivity index (χ0n) is 11.3. The summed E-state index contributed by atoms with van der Waals surface area (Å²) in [5.74, 6) is 0.962. The molecule has 3 N–H and O–H groups in total. The predicted molar refractivity (Wildman–Crippen MR) is 72.6 cm³/mol. The summed E-state index contributed by atoms with van der Waals surface area (Å²) in [6, 6.07) is 4.64. The number of benzene rings is 1. The maximum atomic E-state index is 5.58. The van der Waals surface area contributed by atoms with E-state index < -0.39 is 0 Å². The van der Waals surface area contributed by atoms with Crippen molar-refractivity contribution in [2.75, 3.05) is 20.7 Å². The minimum Gasteiger partial charge on any atom is -0.496 e. The molecule has 0 fully saturated rings. The van der Waals surface area contributed by atoms with Crippen LogP contribution in [0.1, 0.15) is 35.6 Å². The molecule has 0 saturated carbocycles. The Morgan fingerprint density at radius 1 is 1.29 bits per heavy atom. The molecule has 1 aromatic rings. The number of hydrogen-bond donors (Lipinski definition) is 2. The third-order valence-corrected chi connectivity index (χ3v) is 3.27. The highest BCUT2D eigenvalue weighted by atomic mass is 16.5. The van der Waals surface area contributed by atoms with Crippen LogP contribution < -0.4 is 15.8 Å². The molecular formula is C14H24N2O. The smallest absolute Gasteiger partial charge is 0.123 e. The normalized spacial score (nSPS) is 12.5. The van der Waals surface area contributed by atoms with E-state index in [2.05, 4.69) is 31.3 Å². The lowest BCUT2D eigenvalue weighted by atomic mass is 9.96. The highest BCUT2D eigenvalue weighted by Crippen LogP contribution is 2.30. The molecule has 0 aromatic heterocycles. The van der Waals surface area contributed by atoms with Gasteiger partial charge in [0, 0.05) is 11.6 Å². The molecule has 3 nitrogen and oxygen atoms in total. The van der Waals surface area contributed by atoms with Gasteiger partial charge in [-0.05, 0) is 57.5 Å². The summed E-state index contributed by atoms with van der Waals surface area (Å²) in [5, 5.41) is 3.34. The van der Waals surface area contributed by atoms with Gasteiger partial charge in [0.25, 0.3) is 0 Å². The van der Waals surface area contributed by atoms with E-state index in [0.717, 1.165) is 25.1 Å². The average molecular weight is 236 g/mol. The summed E-state index contributed by atoms with van der Waals surface area (Å²) in [7, 11) is 3.71. The van der Waals surface area contributed by atoms with E-state index in [-0.39, 0.29) is 0 Å². The van der Waals surface area contributed by atoms with Crippen LogP contribution >= 0.6 is 0 Å². The van der Waals surface area contributed by atoms with Gasteiger partial charge in [-0.3, -0.25) is 0 Å². The summed E-state index contributed by atoms with van der Waals surface area (Å²) < 4.78 is 5.47. The molecule has 0 bridgehead atoms. The fourth-order valence-corrected chi connectivity index (χ4v) is 2.04. The van der Waals surface area contributed by atoms with Crippen LogP contribution in [0.4, 0.5) is 0 Å². The van der Waals surface area contributed by atoms with Gasteiger partial charge in [0.05, 0.1) is 7.11 Å². The van der Waals surface area contributed by atoms with Crippen molar-refractivity contribution in [3.63, 3.8) is 0 Å². The number of aryl methyl sites for hydroxylation is 2. The second-order valence-electron chi connectivity index (χ2n) is 4.45. The fourth-order valence-electron chi connectivity index (χ4n) is 2.04. The molecule has 0 radical (unpaired) electrons. The first-order chi connectivity index (χ1) is 8.13. The topological polar surface area (TPSA) is 47.3 Å². The van der Waals surface area contributed by atoms with Crippen LogP contribution in [-0.2, 0) is 0 Å². The molecule has 3 heteroatoms. The number of nitrogens with one attached hydrogen (secondary N) is 1. The molecule has 1 aromatic carbocycles. The van der Waals surface area contributed by atoms with Crippen molar-refractivity contribution in [1.82, 2.24) is 5.32 Å². The number of rotatable bonds is 6. The molecule has 0 amide bonds. The first-order valence-electron chi connectivity index (χ1n) is 6.16. The van der Waals surface area contributed by atoms with Crippen LogP contribution in [0.15, 0.2) is 12.1 Å². The first-order valence-corrected chi connectivity index (χ1v) is 6.16. The lowest BCUT2D eigenvalue weighted by Crippen LogP contribution is -2.18. The van der Waals surface area contributed by atoms with E-state index >= 15 is 0 Å². The Kier molecular flexibility index (Phi) is 5.45. The largest absolute Gasteiger partial charge is 0.496 e. The van der Waals surface area contributed by atoms with E-state index in [4.69, 9.17) is 10.5 Å². The van der Waals surface area contributed by atoms with Crippen LogP contribution in [0.25, 0.3) is 0 Å². The van der Waals surface area contributed by atoms with Crippen molar-refractivity contribution in [3.05, 3.63) is 28.8 Å². The molecule has 96 valence electrons. The van der Waals surface area contributed by atoms with Gasteiger partial charge in [0.15, 0.2) is 0 Å². The molecule has 0 aliphatic carbocycles. The summed E-state index contributed by atoms with van der Waals surface area (Å²) >= 11 is 0. The quantitative estimate of drug-likeness (QED) is 0.797. The second-order valence-corrected chi connectivity index (χ2v) is 4.45. The highest BCUT2D eigenvalue weighted by molar-refractivity contribution is 5.43. The fraction of sp³-hybridized carbons (Fsp3) is 0.571. The molecule has 17 heavy (non-hydrogen) atoms. The SMILES string of the molecule is CNC(CCCN)c1cc(C)c(C)cc1OC. The zero-order chi connectivity index (χ0) is 12.8. The van der Waals surface area contributed by atoms with Crippen LogP contribution in [-0.4, -0.2) is 20.7 Å². The van der Waals surface area contributed by atoms with Gasteiger partial charge in [-0.25, -0.2) is 0 Å². The number of nitrogens with two attached hydrogens (primary N) is 1. The van der Waals surface area contributed by atoms with Gasteiger partial charge in [-0.1, -0.05) is 6.07 Å². The molecule has 0 aliphatic heterocycles. The molecular weight excluding hydrogens is 212 g/mol. The van der Waals surface area contributed by atoms with Crippen molar-refractivity contribution in [3.8, 4) is 5.75 Å². The lowest BCUT2D eigenvalue weighted by Gasteiger charge is -2.20. The van der Waals surface area contributed by atoms with Crippen molar-refractivity contribution in [1.29, 1.82) is 0 Å². The minimum atomic E-state index is 0.313. The molecule has 1 atom stereocenters.